The van der Waals surface area contributed by atoms with Crippen molar-refractivity contribution in [2.24, 2.45) is 0 Å². The van der Waals surface area contributed by atoms with E-state index in [0.29, 0.717) is 0 Å². The average molecular weight is 348 g/mol. The number of nitrogens with one attached hydrogen (secondary N) is 1. The van der Waals surface area contributed by atoms with Crippen LogP contribution in [0.25, 0.3) is 0 Å². The summed E-state index contributed by atoms with van der Waals surface area (Å²) in [5.74, 6) is 1.02. The van der Waals surface area contributed by atoms with Crippen LogP contribution in [0.15, 0.2) is 47.1 Å². The summed E-state index contributed by atoms with van der Waals surface area (Å²) in [6.07, 6.45) is 1.89. The van der Waals surface area contributed by atoms with Crippen molar-refractivity contribution in [1.82, 2.24) is 4.98 Å². The quantitative estimate of drug-likeness (QED) is 0.920. The number of pyridine rings is 1. The maximum absolute atomic E-state index is 5.36. The van der Waals surface area contributed by atoms with Crippen molar-refractivity contribution >= 4 is 27.4 Å². The maximum atomic E-state index is 5.36. The fraction of sp³-hybridized carbons (Fsp3) is 0.312. The summed E-state index contributed by atoms with van der Waals surface area (Å²) >= 11 is 3.49. The SMILES string of the molecule is Brc1cccc(CNc2ccc(N3CCOCC3)nc2)c1. The zero-order chi connectivity index (χ0) is 14.5. The first-order valence-electron chi connectivity index (χ1n) is 7.08. The lowest BCUT2D eigenvalue weighted by atomic mass is 10.2. The Bertz CT molecular complexity index is 582. The van der Waals surface area contributed by atoms with Crippen LogP contribution in [0.5, 0.6) is 0 Å². The van der Waals surface area contributed by atoms with Crippen LogP contribution < -0.4 is 10.2 Å². The van der Waals surface area contributed by atoms with Crippen LogP contribution in [0.4, 0.5) is 11.5 Å². The number of hydrogen-bond acceptors (Lipinski definition) is 4. The van der Waals surface area contributed by atoms with Gasteiger partial charge in [-0.1, -0.05) is 28.1 Å². The van der Waals surface area contributed by atoms with Crippen molar-refractivity contribution < 1.29 is 4.74 Å². The maximum Gasteiger partial charge on any atom is 0.128 e. The van der Waals surface area contributed by atoms with E-state index in [4.69, 9.17) is 4.74 Å². The van der Waals surface area contributed by atoms with Gasteiger partial charge < -0.3 is 15.0 Å². The van der Waals surface area contributed by atoms with Gasteiger partial charge in [0.2, 0.25) is 0 Å². The van der Waals surface area contributed by atoms with Crippen molar-refractivity contribution in [1.29, 1.82) is 0 Å². The van der Waals surface area contributed by atoms with Gasteiger partial charge in [-0.15, -0.1) is 0 Å². The van der Waals surface area contributed by atoms with Gasteiger partial charge in [0.1, 0.15) is 5.82 Å². The van der Waals surface area contributed by atoms with Gasteiger partial charge in [0.15, 0.2) is 0 Å². The molecule has 3 rings (SSSR count). The zero-order valence-corrected chi connectivity index (χ0v) is 13.3. The standard InChI is InChI=1S/C16H18BrN3O/c17-14-3-1-2-13(10-14)11-18-15-4-5-16(19-12-15)20-6-8-21-9-7-20/h1-5,10,12,18H,6-9,11H2. The third-order valence-electron chi connectivity index (χ3n) is 3.47. The molecule has 0 radical (unpaired) electrons. The molecule has 0 aliphatic carbocycles. The minimum Gasteiger partial charge on any atom is -0.380 e. The second-order valence-corrected chi connectivity index (χ2v) is 5.90. The van der Waals surface area contributed by atoms with E-state index in [2.05, 4.69) is 55.4 Å². The lowest BCUT2D eigenvalue weighted by Crippen LogP contribution is -2.36. The Morgan fingerprint density at radius 2 is 2.05 bits per heavy atom. The van der Waals surface area contributed by atoms with Gasteiger partial charge in [0, 0.05) is 24.1 Å². The average Bonchev–Trinajstić information content (AvgIpc) is 2.54. The molecular weight excluding hydrogens is 330 g/mol. The molecule has 0 amide bonds. The van der Waals surface area contributed by atoms with E-state index in [1.165, 1.54) is 5.56 Å². The van der Waals surface area contributed by atoms with E-state index >= 15 is 0 Å². The van der Waals surface area contributed by atoms with Crippen LogP contribution in [0.2, 0.25) is 0 Å². The number of hydrogen-bond donors (Lipinski definition) is 1. The lowest BCUT2D eigenvalue weighted by molar-refractivity contribution is 0.122. The second kappa shape index (κ2) is 6.91. The number of ether oxygens (including phenoxy) is 1. The van der Waals surface area contributed by atoms with Crippen molar-refractivity contribution in [3.63, 3.8) is 0 Å². The Morgan fingerprint density at radius 3 is 2.76 bits per heavy atom. The highest BCUT2D eigenvalue weighted by Crippen LogP contribution is 2.17. The van der Waals surface area contributed by atoms with E-state index in [0.717, 1.165) is 48.8 Å². The molecule has 0 spiro atoms. The Labute approximate surface area is 133 Å². The van der Waals surface area contributed by atoms with Gasteiger partial charge in [0.05, 0.1) is 25.1 Å². The largest absolute Gasteiger partial charge is 0.380 e. The van der Waals surface area contributed by atoms with Crippen LogP contribution >= 0.6 is 15.9 Å². The van der Waals surface area contributed by atoms with E-state index in [1.807, 2.05) is 18.3 Å². The Balaban J connectivity index is 1.59. The summed E-state index contributed by atoms with van der Waals surface area (Å²) in [6.45, 7) is 4.18. The predicted molar refractivity (Wildman–Crippen MR) is 88.7 cm³/mol. The Hall–Kier alpha value is -1.59. The smallest absolute Gasteiger partial charge is 0.128 e. The molecule has 1 aliphatic heterocycles. The monoisotopic (exact) mass is 347 g/mol. The third kappa shape index (κ3) is 3.95. The Kier molecular flexibility index (Phi) is 4.72. The topological polar surface area (TPSA) is 37.4 Å². The number of benzene rings is 1. The van der Waals surface area contributed by atoms with Crippen LogP contribution in [0.3, 0.4) is 0 Å². The van der Waals surface area contributed by atoms with E-state index < -0.39 is 0 Å². The summed E-state index contributed by atoms with van der Waals surface area (Å²) in [7, 11) is 0. The minimum absolute atomic E-state index is 0.782. The van der Waals surface area contributed by atoms with E-state index in [9.17, 15) is 0 Å². The molecule has 0 atom stereocenters. The summed E-state index contributed by atoms with van der Waals surface area (Å²) in [4.78, 5) is 6.78. The molecule has 5 heteroatoms. The fourth-order valence-corrected chi connectivity index (χ4v) is 2.77. The molecule has 1 saturated heterocycles. The summed E-state index contributed by atoms with van der Waals surface area (Å²) < 4.78 is 6.46. The highest BCUT2D eigenvalue weighted by molar-refractivity contribution is 9.10. The normalized spacial score (nSPS) is 15.0. The van der Waals surface area contributed by atoms with Gasteiger partial charge in [0.25, 0.3) is 0 Å². The zero-order valence-electron chi connectivity index (χ0n) is 11.8. The molecule has 2 heterocycles. The lowest BCUT2D eigenvalue weighted by Gasteiger charge is -2.27. The first-order valence-corrected chi connectivity index (χ1v) is 7.88. The highest BCUT2D eigenvalue weighted by Gasteiger charge is 2.11. The second-order valence-electron chi connectivity index (χ2n) is 4.99. The van der Waals surface area contributed by atoms with Crippen molar-refractivity contribution in [3.8, 4) is 0 Å². The summed E-state index contributed by atoms with van der Waals surface area (Å²) in [6, 6.07) is 12.4. The van der Waals surface area contributed by atoms with Crippen LogP contribution in [-0.4, -0.2) is 31.3 Å². The first-order chi connectivity index (χ1) is 10.3. The predicted octanol–water partition coefficient (Wildman–Crippen LogP) is 3.29. The van der Waals surface area contributed by atoms with Crippen LogP contribution in [0, 0.1) is 0 Å². The van der Waals surface area contributed by atoms with Gasteiger partial charge in [-0.2, -0.15) is 0 Å². The molecular formula is C16H18BrN3O. The third-order valence-corrected chi connectivity index (χ3v) is 3.96. The van der Waals surface area contributed by atoms with E-state index in [-0.39, 0.29) is 0 Å². The van der Waals surface area contributed by atoms with E-state index in [1.54, 1.807) is 0 Å². The molecule has 110 valence electrons. The summed E-state index contributed by atoms with van der Waals surface area (Å²) in [5.41, 5.74) is 2.27. The molecule has 1 N–H and O–H groups in total. The summed E-state index contributed by atoms with van der Waals surface area (Å²) in [5, 5.41) is 3.39. The molecule has 2 aromatic rings. The van der Waals surface area contributed by atoms with Crippen LogP contribution in [-0.2, 0) is 11.3 Å². The first kappa shape index (κ1) is 14.4. The van der Waals surface area contributed by atoms with Crippen molar-refractivity contribution in [3.05, 3.63) is 52.6 Å². The Morgan fingerprint density at radius 1 is 1.19 bits per heavy atom. The minimum atomic E-state index is 0.782. The van der Waals surface area contributed by atoms with Gasteiger partial charge >= 0.3 is 0 Å². The molecule has 1 aromatic carbocycles. The number of halogens is 1. The molecule has 0 saturated carbocycles. The van der Waals surface area contributed by atoms with Gasteiger partial charge in [-0.25, -0.2) is 4.98 Å². The number of rotatable bonds is 4. The van der Waals surface area contributed by atoms with Crippen molar-refractivity contribution in [2.75, 3.05) is 36.5 Å². The molecule has 1 aromatic heterocycles. The molecule has 21 heavy (non-hydrogen) atoms. The molecule has 0 unspecified atom stereocenters. The molecule has 1 aliphatic rings. The molecule has 4 nitrogen and oxygen atoms in total. The van der Waals surface area contributed by atoms with Crippen molar-refractivity contribution in [2.45, 2.75) is 6.54 Å². The number of morpholine rings is 1. The van der Waals surface area contributed by atoms with Gasteiger partial charge in [-0.05, 0) is 29.8 Å². The fourth-order valence-electron chi connectivity index (χ4n) is 2.32. The number of nitrogens with zero attached hydrogens (tertiary/aromatic N) is 2. The van der Waals surface area contributed by atoms with Gasteiger partial charge in [-0.3, -0.25) is 0 Å². The molecule has 1 fully saturated rings. The highest BCUT2D eigenvalue weighted by atomic mass is 79.9. The molecule has 0 bridgehead atoms. The number of anilines is 2. The number of aromatic nitrogens is 1. The van der Waals surface area contributed by atoms with Crippen LogP contribution in [0.1, 0.15) is 5.56 Å².